The number of aromatic nitrogens is 1. The number of rotatable bonds is 3. The topological polar surface area (TPSA) is 56.8 Å². The molecule has 2 amide bonds. The first-order valence-electron chi connectivity index (χ1n) is 13.7. The van der Waals surface area contributed by atoms with Crippen LogP contribution in [0.4, 0.5) is 5.69 Å². The number of amides is 2. The van der Waals surface area contributed by atoms with Crippen LogP contribution in [0.25, 0.3) is 0 Å². The summed E-state index contributed by atoms with van der Waals surface area (Å²) >= 11 is 6.35. The third kappa shape index (κ3) is 3.89. The zero-order chi connectivity index (χ0) is 25.9. The molecular formula is C31H31ClN4O2. The molecule has 6 nitrogen and oxygen atoms in total. The minimum atomic E-state index is 0.0148. The lowest BCUT2D eigenvalue weighted by Crippen LogP contribution is -2.42. The van der Waals surface area contributed by atoms with Crippen molar-refractivity contribution in [3.05, 3.63) is 93.8 Å². The van der Waals surface area contributed by atoms with Crippen LogP contribution in [-0.2, 0) is 13.0 Å². The Morgan fingerprint density at radius 1 is 0.974 bits per heavy atom. The fourth-order valence-electron chi connectivity index (χ4n) is 7.14. The molecule has 38 heavy (non-hydrogen) atoms. The lowest BCUT2D eigenvalue weighted by Gasteiger charge is -2.40. The molecule has 0 N–H and O–H groups in total. The fraction of sp³-hybridized carbons (Fsp3) is 0.387. The van der Waals surface area contributed by atoms with Crippen molar-refractivity contribution >= 4 is 29.1 Å². The number of fused-ring (bicyclic) bond motifs is 2. The SMILES string of the molecule is O=C(c1ccc2c(c1)CCC2N1Cc2cccc(Cl)c2C1=O)N1CCC2(CCN(c3ccncc3)CC2)C1. The van der Waals surface area contributed by atoms with E-state index in [1.54, 1.807) is 6.07 Å². The number of pyridine rings is 1. The van der Waals surface area contributed by atoms with Crippen LogP contribution in [0.1, 0.15) is 69.1 Å². The first-order valence-corrected chi connectivity index (χ1v) is 14.0. The predicted molar refractivity (Wildman–Crippen MR) is 147 cm³/mol. The molecule has 0 saturated carbocycles. The van der Waals surface area contributed by atoms with Crippen molar-refractivity contribution in [2.24, 2.45) is 5.41 Å². The van der Waals surface area contributed by atoms with Crippen molar-refractivity contribution in [3.8, 4) is 0 Å². The summed E-state index contributed by atoms with van der Waals surface area (Å²) in [6.45, 7) is 4.31. The van der Waals surface area contributed by atoms with Gasteiger partial charge in [0.15, 0.2) is 0 Å². The largest absolute Gasteiger partial charge is 0.371 e. The number of aryl methyl sites for hydroxylation is 1. The van der Waals surface area contributed by atoms with E-state index in [2.05, 4.69) is 39.0 Å². The Bertz CT molecular complexity index is 1420. The zero-order valence-electron chi connectivity index (χ0n) is 21.4. The summed E-state index contributed by atoms with van der Waals surface area (Å²) < 4.78 is 0. The van der Waals surface area contributed by atoms with Crippen molar-refractivity contribution in [3.63, 3.8) is 0 Å². The summed E-state index contributed by atoms with van der Waals surface area (Å²) in [4.78, 5) is 37.3. The lowest BCUT2D eigenvalue weighted by molar-refractivity contribution is 0.0700. The monoisotopic (exact) mass is 526 g/mol. The summed E-state index contributed by atoms with van der Waals surface area (Å²) in [5.74, 6) is 0.155. The number of halogens is 1. The number of hydrogen-bond acceptors (Lipinski definition) is 4. The fourth-order valence-corrected chi connectivity index (χ4v) is 7.41. The number of likely N-dealkylation sites (tertiary alicyclic amines) is 1. The van der Waals surface area contributed by atoms with E-state index in [9.17, 15) is 9.59 Å². The maximum atomic E-state index is 13.6. The smallest absolute Gasteiger partial charge is 0.256 e. The van der Waals surface area contributed by atoms with Crippen LogP contribution in [0.5, 0.6) is 0 Å². The lowest BCUT2D eigenvalue weighted by atomic mass is 9.77. The highest BCUT2D eigenvalue weighted by atomic mass is 35.5. The Labute approximate surface area is 228 Å². The second-order valence-corrected chi connectivity index (χ2v) is 11.8. The maximum Gasteiger partial charge on any atom is 0.256 e. The molecule has 2 saturated heterocycles. The zero-order valence-corrected chi connectivity index (χ0v) is 22.2. The molecule has 1 aliphatic carbocycles. The Hall–Kier alpha value is -3.38. The Morgan fingerprint density at radius 3 is 2.55 bits per heavy atom. The number of benzene rings is 2. The van der Waals surface area contributed by atoms with Crippen molar-refractivity contribution in [1.29, 1.82) is 0 Å². The average molecular weight is 527 g/mol. The van der Waals surface area contributed by atoms with Crippen LogP contribution in [0.15, 0.2) is 60.9 Å². The van der Waals surface area contributed by atoms with Gasteiger partial charge >= 0.3 is 0 Å². The molecule has 1 spiro atoms. The van der Waals surface area contributed by atoms with Gasteiger partial charge in [0.05, 0.1) is 16.6 Å². The molecule has 0 bridgehead atoms. The van der Waals surface area contributed by atoms with E-state index in [1.807, 2.05) is 35.5 Å². The van der Waals surface area contributed by atoms with E-state index in [0.29, 0.717) is 17.1 Å². The summed E-state index contributed by atoms with van der Waals surface area (Å²) in [6.07, 6.45) is 8.77. The first kappa shape index (κ1) is 23.7. The molecule has 1 unspecified atom stereocenters. The van der Waals surface area contributed by atoms with Crippen molar-refractivity contribution < 1.29 is 9.59 Å². The highest BCUT2D eigenvalue weighted by Crippen LogP contribution is 2.44. The van der Waals surface area contributed by atoms with Crippen LogP contribution in [0, 0.1) is 5.41 Å². The molecule has 4 aliphatic rings. The molecule has 3 aliphatic heterocycles. The van der Waals surface area contributed by atoms with Crippen LogP contribution in [-0.4, -0.2) is 52.8 Å². The van der Waals surface area contributed by atoms with Gasteiger partial charge in [-0.15, -0.1) is 0 Å². The van der Waals surface area contributed by atoms with Gasteiger partial charge in [-0.05, 0) is 84.5 Å². The predicted octanol–water partition coefficient (Wildman–Crippen LogP) is 5.51. The normalized spacial score (nSPS) is 21.8. The van der Waals surface area contributed by atoms with Gasteiger partial charge < -0.3 is 14.7 Å². The van der Waals surface area contributed by atoms with E-state index >= 15 is 0 Å². The van der Waals surface area contributed by atoms with Gasteiger partial charge in [-0.25, -0.2) is 0 Å². The number of carbonyl (C=O) groups is 2. The average Bonchev–Trinajstić information content (AvgIpc) is 3.65. The van der Waals surface area contributed by atoms with Crippen molar-refractivity contribution in [2.45, 2.75) is 44.7 Å². The van der Waals surface area contributed by atoms with Crippen LogP contribution < -0.4 is 4.90 Å². The van der Waals surface area contributed by atoms with Gasteiger partial charge in [0.1, 0.15) is 0 Å². The molecule has 7 rings (SSSR count). The highest BCUT2D eigenvalue weighted by Gasteiger charge is 2.43. The standard InChI is InChI=1S/C31H31ClN4O2/c32-26-3-1-2-23-19-36(30(38)28(23)26)27-7-5-21-18-22(4-6-25(21)27)29(37)35-17-12-31(20-35)10-15-34(16-11-31)24-8-13-33-14-9-24/h1-4,6,8-9,13-14,18,27H,5,7,10-12,15-17,19-20H2. The molecule has 2 aromatic carbocycles. The number of piperidine rings is 1. The second kappa shape index (κ2) is 9.12. The Balaban J connectivity index is 1.03. The Kier molecular flexibility index (Phi) is 5.69. The van der Waals surface area contributed by atoms with Crippen molar-refractivity contribution in [2.75, 3.05) is 31.1 Å². The third-order valence-electron chi connectivity index (χ3n) is 9.31. The molecule has 4 heterocycles. The summed E-state index contributed by atoms with van der Waals surface area (Å²) in [5.41, 5.74) is 6.24. The van der Waals surface area contributed by atoms with E-state index in [0.717, 1.165) is 69.4 Å². The summed E-state index contributed by atoms with van der Waals surface area (Å²) in [7, 11) is 0. The maximum absolute atomic E-state index is 13.6. The Morgan fingerprint density at radius 2 is 1.76 bits per heavy atom. The molecule has 1 aromatic heterocycles. The molecule has 7 heteroatoms. The molecule has 1 atom stereocenters. The van der Waals surface area contributed by atoms with E-state index in [-0.39, 0.29) is 23.3 Å². The van der Waals surface area contributed by atoms with Gasteiger partial charge in [-0.2, -0.15) is 0 Å². The molecule has 2 fully saturated rings. The van der Waals surface area contributed by atoms with Gasteiger partial charge in [0, 0.05) is 56.4 Å². The molecule has 194 valence electrons. The second-order valence-electron chi connectivity index (χ2n) is 11.3. The molecule has 3 aromatic rings. The summed E-state index contributed by atoms with van der Waals surface area (Å²) in [5, 5.41) is 0.528. The van der Waals surface area contributed by atoms with Gasteiger partial charge in [-0.1, -0.05) is 29.8 Å². The van der Waals surface area contributed by atoms with Crippen LogP contribution in [0.2, 0.25) is 5.02 Å². The quantitative estimate of drug-likeness (QED) is 0.451. The number of nitrogens with zero attached hydrogens (tertiary/aromatic N) is 4. The van der Waals surface area contributed by atoms with E-state index in [1.165, 1.54) is 16.8 Å². The van der Waals surface area contributed by atoms with Gasteiger partial charge in [-0.3, -0.25) is 14.6 Å². The highest BCUT2D eigenvalue weighted by molar-refractivity contribution is 6.34. The van der Waals surface area contributed by atoms with E-state index in [4.69, 9.17) is 11.6 Å². The summed E-state index contributed by atoms with van der Waals surface area (Å²) in [6, 6.07) is 16.0. The molecule has 0 radical (unpaired) electrons. The number of hydrogen-bond donors (Lipinski definition) is 0. The number of anilines is 1. The number of carbonyl (C=O) groups excluding carboxylic acids is 2. The molecular weight excluding hydrogens is 496 g/mol. The first-order chi connectivity index (χ1) is 18.5. The minimum absolute atomic E-state index is 0.0148. The van der Waals surface area contributed by atoms with Crippen LogP contribution in [0.3, 0.4) is 0 Å². The van der Waals surface area contributed by atoms with Gasteiger partial charge in [0.2, 0.25) is 0 Å². The van der Waals surface area contributed by atoms with Gasteiger partial charge in [0.25, 0.3) is 11.8 Å². The van der Waals surface area contributed by atoms with E-state index < -0.39 is 0 Å². The van der Waals surface area contributed by atoms with Crippen molar-refractivity contribution in [1.82, 2.24) is 14.8 Å². The minimum Gasteiger partial charge on any atom is -0.371 e. The third-order valence-corrected chi connectivity index (χ3v) is 9.62. The van der Waals surface area contributed by atoms with Crippen LogP contribution >= 0.6 is 11.6 Å².